The number of nitrogens with zero attached hydrogens (tertiary/aromatic N) is 4. The minimum atomic E-state index is -0.163. The van der Waals surface area contributed by atoms with E-state index in [4.69, 9.17) is 11.6 Å². The third-order valence-electron chi connectivity index (χ3n) is 3.74. The van der Waals surface area contributed by atoms with Crippen LogP contribution < -0.4 is 5.56 Å². The molecule has 22 heavy (non-hydrogen) atoms. The van der Waals surface area contributed by atoms with E-state index in [0.717, 1.165) is 11.1 Å². The van der Waals surface area contributed by atoms with E-state index in [1.165, 1.54) is 4.57 Å². The van der Waals surface area contributed by atoms with Crippen LogP contribution in [0.1, 0.15) is 5.56 Å². The number of aromatic nitrogens is 4. The first-order valence-electron chi connectivity index (χ1n) is 6.77. The highest BCUT2D eigenvalue weighted by Gasteiger charge is 2.16. The Morgan fingerprint density at radius 1 is 1.09 bits per heavy atom. The molecule has 0 aliphatic rings. The molecule has 4 rings (SSSR count). The molecule has 108 valence electrons. The van der Waals surface area contributed by atoms with E-state index in [-0.39, 0.29) is 5.56 Å². The zero-order valence-electron chi connectivity index (χ0n) is 11.7. The molecule has 0 aliphatic carbocycles. The summed E-state index contributed by atoms with van der Waals surface area (Å²) in [5, 5.41) is 9.16. The van der Waals surface area contributed by atoms with Crippen LogP contribution in [-0.2, 0) is 0 Å². The van der Waals surface area contributed by atoms with Crippen LogP contribution in [0.2, 0.25) is 5.02 Å². The Kier molecular flexibility index (Phi) is 2.77. The van der Waals surface area contributed by atoms with Crippen LogP contribution >= 0.6 is 11.6 Å². The van der Waals surface area contributed by atoms with Gasteiger partial charge in [0.25, 0.3) is 5.56 Å². The Morgan fingerprint density at radius 3 is 2.77 bits per heavy atom. The van der Waals surface area contributed by atoms with Crippen LogP contribution in [0, 0.1) is 6.92 Å². The normalized spacial score (nSPS) is 11.4. The summed E-state index contributed by atoms with van der Waals surface area (Å²) in [7, 11) is 0. The molecule has 6 heteroatoms. The predicted octanol–water partition coefficient (Wildman–Crippen LogP) is 3.00. The zero-order chi connectivity index (χ0) is 15.3. The molecule has 5 nitrogen and oxygen atoms in total. The lowest BCUT2D eigenvalue weighted by Crippen LogP contribution is -2.22. The smallest absolute Gasteiger partial charge is 0.267 e. The number of fused-ring (bicyclic) bond motifs is 3. The van der Waals surface area contributed by atoms with Crippen molar-refractivity contribution in [2.24, 2.45) is 0 Å². The van der Waals surface area contributed by atoms with Crippen molar-refractivity contribution in [3.05, 3.63) is 69.7 Å². The molecular formula is C16H11ClN4O. The maximum Gasteiger partial charge on any atom is 0.267 e. The van der Waals surface area contributed by atoms with Crippen molar-refractivity contribution in [1.29, 1.82) is 0 Å². The van der Waals surface area contributed by atoms with Gasteiger partial charge >= 0.3 is 0 Å². The maximum absolute atomic E-state index is 12.9. The van der Waals surface area contributed by atoms with Crippen molar-refractivity contribution in [3.8, 4) is 5.69 Å². The summed E-state index contributed by atoms with van der Waals surface area (Å²) in [6.07, 6.45) is 1.59. The van der Waals surface area contributed by atoms with E-state index >= 15 is 0 Å². The van der Waals surface area contributed by atoms with Crippen molar-refractivity contribution in [2.75, 3.05) is 0 Å². The van der Waals surface area contributed by atoms with Gasteiger partial charge in [-0.05, 0) is 30.7 Å². The molecule has 2 aromatic carbocycles. The molecule has 0 aliphatic heterocycles. The van der Waals surface area contributed by atoms with Gasteiger partial charge in [0, 0.05) is 0 Å². The molecule has 0 unspecified atom stereocenters. The van der Waals surface area contributed by atoms with E-state index in [2.05, 4.69) is 10.2 Å². The molecule has 2 heterocycles. The fourth-order valence-corrected chi connectivity index (χ4v) is 2.86. The van der Waals surface area contributed by atoms with Gasteiger partial charge in [0.15, 0.2) is 0 Å². The van der Waals surface area contributed by atoms with Crippen LogP contribution in [-0.4, -0.2) is 19.2 Å². The Labute approximate surface area is 130 Å². The first-order valence-corrected chi connectivity index (χ1v) is 7.15. The summed E-state index contributed by atoms with van der Waals surface area (Å²) in [5.74, 6) is 0.441. The van der Waals surface area contributed by atoms with Crippen LogP contribution in [0.25, 0.3) is 22.4 Å². The van der Waals surface area contributed by atoms with Gasteiger partial charge in [-0.15, -0.1) is 10.2 Å². The highest BCUT2D eigenvalue weighted by atomic mass is 35.5. The number of aryl methyl sites for hydroxylation is 1. The van der Waals surface area contributed by atoms with Crippen molar-refractivity contribution < 1.29 is 0 Å². The lowest BCUT2D eigenvalue weighted by molar-refractivity contribution is 0.965. The first kappa shape index (κ1) is 13.0. The summed E-state index contributed by atoms with van der Waals surface area (Å²) in [4.78, 5) is 12.9. The predicted molar refractivity (Wildman–Crippen MR) is 85.8 cm³/mol. The maximum atomic E-state index is 12.9. The van der Waals surface area contributed by atoms with Gasteiger partial charge < -0.3 is 0 Å². The fourth-order valence-electron chi connectivity index (χ4n) is 2.65. The van der Waals surface area contributed by atoms with Crippen molar-refractivity contribution in [3.63, 3.8) is 0 Å². The summed E-state index contributed by atoms with van der Waals surface area (Å²) >= 11 is 6.40. The molecule has 0 bridgehead atoms. The second-order valence-electron chi connectivity index (χ2n) is 5.07. The SMILES string of the molecule is Cc1cccc(-n2c(=O)c3ccccc3n3cnnc23)c1Cl. The van der Waals surface area contributed by atoms with Gasteiger partial charge in [0.1, 0.15) is 6.33 Å². The number of para-hydroxylation sites is 1. The van der Waals surface area contributed by atoms with Gasteiger partial charge in [-0.2, -0.15) is 0 Å². The molecule has 0 spiro atoms. The third kappa shape index (κ3) is 1.69. The molecule has 0 N–H and O–H groups in total. The third-order valence-corrected chi connectivity index (χ3v) is 4.23. The fraction of sp³-hybridized carbons (Fsp3) is 0.0625. The van der Waals surface area contributed by atoms with Crippen LogP contribution in [0.4, 0.5) is 0 Å². The zero-order valence-corrected chi connectivity index (χ0v) is 12.4. The average Bonchev–Trinajstić information content (AvgIpc) is 3.01. The molecule has 0 saturated carbocycles. The second-order valence-corrected chi connectivity index (χ2v) is 5.44. The summed E-state index contributed by atoms with van der Waals surface area (Å²) in [6.45, 7) is 1.90. The largest absolute Gasteiger partial charge is 0.268 e. The molecule has 2 aromatic heterocycles. The van der Waals surface area contributed by atoms with Gasteiger partial charge in [-0.3, -0.25) is 9.20 Å². The van der Waals surface area contributed by atoms with Crippen LogP contribution in [0.5, 0.6) is 0 Å². The number of hydrogen-bond acceptors (Lipinski definition) is 3. The van der Waals surface area contributed by atoms with Crippen LogP contribution in [0.15, 0.2) is 53.6 Å². The van der Waals surface area contributed by atoms with Gasteiger partial charge in [0.05, 0.1) is 21.6 Å². The van der Waals surface area contributed by atoms with Crippen molar-refractivity contribution in [1.82, 2.24) is 19.2 Å². The Bertz CT molecular complexity index is 1080. The van der Waals surface area contributed by atoms with Crippen molar-refractivity contribution >= 4 is 28.3 Å². The minimum absolute atomic E-state index is 0.163. The molecular weight excluding hydrogens is 300 g/mol. The molecule has 0 radical (unpaired) electrons. The number of hydrogen-bond donors (Lipinski definition) is 0. The monoisotopic (exact) mass is 310 g/mol. The molecule has 0 fully saturated rings. The number of benzene rings is 2. The number of halogens is 1. The first-order chi connectivity index (χ1) is 10.7. The lowest BCUT2D eigenvalue weighted by atomic mass is 10.2. The Hall–Kier alpha value is -2.66. The van der Waals surface area contributed by atoms with Gasteiger partial charge in [-0.1, -0.05) is 35.9 Å². The van der Waals surface area contributed by atoms with Gasteiger partial charge in [-0.25, -0.2) is 4.57 Å². The summed E-state index contributed by atoms with van der Waals surface area (Å²) in [6, 6.07) is 12.9. The summed E-state index contributed by atoms with van der Waals surface area (Å²) in [5.41, 5.74) is 2.11. The van der Waals surface area contributed by atoms with E-state index in [1.54, 1.807) is 22.9 Å². The average molecular weight is 311 g/mol. The lowest BCUT2D eigenvalue weighted by Gasteiger charge is -2.12. The Balaban J connectivity index is 2.26. The van der Waals surface area contributed by atoms with Crippen LogP contribution in [0.3, 0.4) is 0 Å². The molecule has 0 atom stereocenters. The highest BCUT2D eigenvalue weighted by Crippen LogP contribution is 2.25. The van der Waals surface area contributed by atoms with Gasteiger partial charge in [0.2, 0.25) is 5.78 Å². The van der Waals surface area contributed by atoms with E-state index in [1.807, 2.05) is 37.3 Å². The standard InChI is InChI=1S/C16H11ClN4O/c1-10-5-4-8-13(14(10)17)21-15(22)11-6-2-3-7-12(11)20-9-18-19-16(20)21/h2-9H,1H3. The minimum Gasteiger partial charge on any atom is -0.268 e. The topological polar surface area (TPSA) is 52.2 Å². The number of rotatable bonds is 1. The molecule has 0 saturated heterocycles. The molecule has 0 amide bonds. The van der Waals surface area contributed by atoms with E-state index in [9.17, 15) is 4.79 Å². The van der Waals surface area contributed by atoms with Crippen molar-refractivity contribution in [2.45, 2.75) is 6.92 Å². The highest BCUT2D eigenvalue weighted by molar-refractivity contribution is 6.33. The molecule has 4 aromatic rings. The van der Waals surface area contributed by atoms with E-state index in [0.29, 0.717) is 21.9 Å². The Morgan fingerprint density at radius 2 is 1.91 bits per heavy atom. The quantitative estimate of drug-likeness (QED) is 0.543. The van der Waals surface area contributed by atoms with E-state index < -0.39 is 0 Å². The summed E-state index contributed by atoms with van der Waals surface area (Å²) < 4.78 is 3.29. The second kappa shape index (κ2) is 4.68.